The van der Waals surface area contributed by atoms with Crippen LogP contribution in [0.4, 0.5) is 10.9 Å². The molecule has 182 valence electrons. The third-order valence-corrected chi connectivity index (χ3v) is 8.68. The molecule has 1 unspecified atom stereocenters. The van der Waals surface area contributed by atoms with Crippen LogP contribution in [0.1, 0.15) is 38.4 Å². The van der Waals surface area contributed by atoms with Crippen LogP contribution in [0.3, 0.4) is 0 Å². The van der Waals surface area contributed by atoms with Gasteiger partial charge in [0.2, 0.25) is 5.95 Å². The fourth-order valence-electron chi connectivity index (χ4n) is 4.92. The molecule has 2 aliphatic rings. The summed E-state index contributed by atoms with van der Waals surface area (Å²) in [5.74, 6) is 2.14. The van der Waals surface area contributed by atoms with Crippen LogP contribution in [-0.2, 0) is 9.84 Å². The van der Waals surface area contributed by atoms with Crippen LogP contribution in [0.2, 0.25) is 0 Å². The molecule has 1 aromatic carbocycles. The number of benzene rings is 1. The first kappa shape index (κ1) is 23.1. The molecule has 34 heavy (non-hydrogen) atoms. The highest BCUT2D eigenvalue weighted by molar-refractivity contribution is 7.90. The average molecular weight is 503 g/mol. The van der Waals surface area contributed by atoms with Crippen molar-refractivity contribution in [2.75, 3.05) is 29.6 Å². The molecule has 5 rings (SSSR count). The van der Waals surface area contributed by atoms with Crippen molar-refractivity contribution in [3.63, 3.8) is 0 Å². The summed E-state index contributed by atoms with van der Waals surface area (Å²) >= 11 is 1.58. The van der Waals surface area contributed by atoms with Crippen molar-refractivity contribution in [3.8, 4) is 11.8 Å². The highest BCUT2D eigenvalue weighted by atomic mass is 32.2. The summed E-state index contributed by atoms with van der Waals surface area (Å²) in [6.07, 6.45) is 3.57. The number of anilines is 2. The summed E-state index contributed by atoms with van der Waals surface area (Å²) < 4.78 is 35.6. The summed E-state index contributed by atoms with van der Waals surface area (Å²) in [6.45, 7) is 8.11. The van der Waals surface area contributed by atoms with Gasteiger partial charge in [-0.2, -0.15) is 9.36 Å². The smallest absolute Gasteiger partial charge is 0.322 e. The van der Waals surface area contributed by atoms with Crippen molar-refractivity contribution < 1.29 is 13.2 Å². The second-order valence-corrected chi connectivity index (χ2v) is 12.4. The van der Waals surface area contributed by atoms with E-state index in [0.29, 0.717) is 35.6 Å². The highest BCUT2D eigenvalue weighted by Crippen LogP contribution is 2.41. The Morgan fingerprint density at radius 3 is 2.38 bits per heavy atom. The van der Waals surface area contributed by atoms with Gasteiger partial charge < -0.3 is 15.0 Å². The summed E-state index contributed by atoms with van der Waals surface area (Å²) in [4.78, 5) is 7.37. The Bertz CT molecular complexity index is 1250. The van der Waals surface area contributed by atoms with Crippen molar-refractivity contribution in [3.05, 3.63) is 36.0 Å². The normalized spacial score (nSPS) is 22.4. The van der Waals surface area contributed by atoms with Gasteiger partial charge in [0.15, 0.2) is 9.84 Å². The third-order valence-electron chi connectivity index (χ3n) is 6.61. The van der Waals surface area contributed by atoms with Crippen molar-refractivity contribution in [1.29, 1.82) is 0 Å². The molecule has 11 heteroatoms. The first-order valence-electron chi connectivity index (χ1n) is 11.6. The number of fused-ring (bicyclic) bond motifs is 2. The van der Waals surface area contributed by atoms with Crippen LogP contribution in [0, 0.1) is 18.8 Å². The maximum atomic E-state index is 11.7. The number of ether oxygens (including phenoxy) is 1. The van der Waals surface area contributed by atoms with Gasteiger partial charge in [0.05, 0.1) is 16.6 Å². The van der Waals surface area contributed by atoms with E-state index in [1.807, 2.05) is 20.8 Å². The SMILES string of the molecule is Cc1cc(N2C[C@H]3CC[C@@H](C2)C3Nc2nc(Oc3ccc(S(C)(=O)=O)cc3)n(C(C)C)n2)sn1. The molecule has 0 spiro atoms. The number of hydrogen-bond donors (Lipinski definition) is 1. The minimum Gasteiger partial charge on any atom is -0.424 e. The van der Waals surface area contributed by atoms with E-state index < -0.39 is 9.84 Å². The zero-order valence-corrected chi connectivity index (χ0v) is 21.4. The molecule has 2 aromatic heterocycles. The quantitative estimate of drug-likeness (QED) is 0.514. The van der Waals surface area contributed by atoms with Gasteiger partial charge in [0, 0.05) is 25.4 Å². The second kappa shape index (κ2) is 8.84. The average Bonchev–Trinajstić information content (AvgIpc) is 3.44. The van der Waals surface area contributed by atoms with Crippen molar-refractivity contribution in [1.82, 2.24) is 19.1 Å². The number of rotatable bonds is 7. The van der Waals surface area contributed by atoms with Gasteiger partial charge in [-0.25, -0.2) is 13.1 Å². The Kier molecular flexibility index (Phi) is 6.01. The molecular weight excluding hydrogens is 472 g/mol. The first-order valence-corrected chi connectivity index (χ1v) is 14.2. The number of piperidine rings is 1. The first-order chi connectivity index (χ1) is 16.2. The fourth-order valence-corrected chi connectivity index (χ4v) is 6.33. The third kappa shape index (κ3) is 4.63. The van der Waals surface area contributed by atoms with Gasteiger partial charge in [-0.1, -0.05) is 0 Å². The number of nitrogens with zero attached hydrogens (tertiary/aromatic N) is 5. The van der Waals surface area contributed by atoms with E-state index in [2.05, 4.69) is 30.7 Å². The minimum absolute atomic E-state index is 0.0569. The van der Waals surface area contributed by atoms with E-state index in [4.69, 9.17) is 4.74 Å². The van der Waals surface area contributed by atoms with Gasteiger partial charge in [-0.15, -0.1) is 5.10 Å². The molecule has 9 nitrogen and oxygen atoms in total. The van der Waals surface area contributed by atoms with Crippen LogP contribution >= 0.6 is 11.5 Å². The monoisotopic (exact) mass is 502 g/mol. The fraction of sp³-hybridized carbons (Fsp3) is 0.522. The van der Waals surface area contributed by atoms with E-state index in [0.717, 1.165) is 18.8 Å². The maximum Gasteiger partial charge on any atom is 0.322 e. The van der Waals surface area contributed by atoms with E-state index in [-0.39, 0.29) is 10.9 Å². The van der Waals surface area contributed by atoms with E-state index >= 15 is 0 Å². The Balaban J connectivity index is 1.31. The van der Waals surface area contributed by atoms with E-state index in [1.54, 1.807) is 28.3 Å². The standard InChI is InChI=1S/C23H30N6O3S2/c1-14(2)29-23(32-18-7-9-19(10-8-18)34(4,30)31)25-22(26-29)24-21-16-5-6-17(21)13-28(12-16)20-11-15(3)27-33-20/h7-11,14,16-17,21H,5-6,12-13H2,1-4H3,(H,24,26)/t16-,17+,21?. The lowest BCUT2D eigenvalue weighted by molar-refractivity contribution is 0.375. The van der Waals surface area contributed by atoms with Gasteiger partial charge in [0.25, 0.3) is 0 Å². The number of aryl methyl sites for hydroxylation is 1. The maximum absolute atomic E-state index is 11.7. The number of aromatic nitrogens is 4. The Morgan fingerprint density at radius 1 is 1.15 bits per heavy atom. The summed E-state index contributed by atoms with van der Waals surface area (Å²) in [7, 11) is -3.26. The lowest BCUT2D eigenvalue weighted by Gasteiger charge is -2.38. The van der Waals surface area contributed by atoms with Crippen LogP contribution in [-0.4, -0.2) is 52.9 Å². The van der Waals surface area contributed by atoms with Gasteiger partial charge in [0.1, 0.15) is 10.8 Å². The van der Waals surface area contributed by atoms with E-state index in [1.165, 1.54) is 36.2 Å². The topological polar surface area (TPSA) is 102 Å². The molecule has 3 heterocycles. The van der Waals surface area contributed by atoms with Crippen LogP contribution in [0.15, 0.2) is 35.2 Å². The largest absolute Gasteiger partial charge is 0.424 e. The minimum atomic E-state index is -3.26. The Labute approximate surface area is 204 Å². The summed E-state index contributed by atoms with van der Waals surface area (Å²) in [5.41, 5.74) is 1.08. The molecule has 2 fully saturated rings. The van der Waals surface area contributed by atoms with Gasteiger partial charge >= 0.3 is 6.01 Å². The molecule has 0 radical (unpaired) electrons. The molecule has 1 saturated carbocycles. The highest BCUT2D eigenvalue weighted by Gasteiger charge is 2.43. The number of nitrogens with one attached hydrogen (secondary N) is 1. The van der Waals surface area contributed by atoms with Crippen molar-refractivity contribution in [2.45, 2.75) is 50.6 Å². The zero-order valence-electron chi connectivity index (χ0n) is 19.8. The molecule has 1 aliphatic carbocycles. The number of sulfone groups is 1. The molecule has 3 aromatic rings. The summed E-state index contributed by atoms with van der Waals surface area (Å²) in [5, 5.41) is 9.55. The zero-order chi connectivity index (χ0) is 24.0. The molecule has 1 saturated heterocycles. The van der Waals surface area contributed by atoms with Crippen molar-refractivity contribution in [2.24, 2.45) is 11.8 Å². The lowest BCUT2D eigenvalue weighted by atomic mass is 9.92. The molecule has 2 bridgehead atoms. The predicted octanol–water partition coefficient (Wildman–Crippen LogP) is 4.15. The molecule has 3 atom stereocenters. The van der Waals surface area contributed by atoms with Gasteiger partial charge in [-0.3, -0.25) is 0 Å². The molecular formula is C23H30N6O3S2. The Hall–Kier alpha value is -2.66. The summed E-state index contributed by atoms with van der Waals surface area (Å²) in [6, 6.07) is 9.30. The van der Waals surface area contributed by atoms with Crippen LogP contribution in [0.25, 0.3) is 0 Å². The Morgan fingerprint density at radius 2 is 1.82 bits per heavy atom. The lowest BCUT2D eigenvalue weighted by Crippen LogP contribution is -2.48. The molecule has 1 aliphatic heterocycles. The second-order valence-electron chi connectivity index (χ2n) is 9.58. The van der Waals surface area contributed by atoms with Gasteiger partial charge in [-0.05, 0) is 87.3 Å². The predicted molar refractivity (Wildman–Crippen MR) is 133 cm³/mol. The van der Waals surface area contributed by atoms with Crippen molar-refractivity contribution >= 4 is 32.3 Å². The van der Waals surface area contributed by atoms with E-state index in [9.17, 15) is 8.42 Å². The number of hydrogen-bond acceptors (Lipinski definition) is 9. The molecule has 1 N–H and O–H groups in total. The van der Waals surface area contributed by atoms with Crippen LogP contribution < -0.4 is 15.0 Å². The van der Waals surface area contributed by atoms with Crippen LogP contribution in [0.5, 0.6) is 11.8 Å². The molecule has 0 amide bonds.